The van der Waals surface area contributed by atoms with Crippen LogP contribution in [0.25, 0.3) is 0 Å². The molecule has 0 spiro atoms. The van der Waals surface area contributed by atoms with Crippen LogP contribution < -0.4 is 5.32 Å². The van der Waals surface area contributed by atoms with E-state index >= 15 is 0 Å². The lowest BCUT2D eigenvalue weighted by molar-refractivity contribution is -0.120. The Labute approximate surface area is 110 Å². The van der Waals surface area contributed by atoms with E-state index in [2.05, 4.69) is 43.1 Å². The number of carbonyl (C=O) groups excluding carboxylic acids is 1. The van der Waals surface area contributed by atoms with Crippen molar-refractivity contribution in [2.24, 2.45) is 0 Å². The highest BCUT2D eigenvalue weighted by atomic mass is 16.1. The molecule has 100 valence electrons. The van der Waals surface area contributed by atoms with Crippen molar-refractivity contribution in [1.82, 2.24) is 10.2 Å². The summed E-state index contributed by atoms with van der Waals surface area (Å²) in [6, 6.07) is 10.7. The summed E-state index contributed by atoms with van der Waals surface area (Å²) in [6.45, 7) is 9.89. The highest BCUT2D eigenvalue weighted by molar-refractivity contribution is 5.73. The minimum absolute atomic E-state index is 0.0237. The van der Waals surface area contributed by atoms with Gasteiger partial charge < -0.3 is 5.32 Å². The van der Waals surface area contributed by atoms with Gasteiger partial charge in [0.25, 0.3) is 0 Å². The van der Waals surface area contributed by atoms with Crippen LogP contribution >= 0.6 is 0 Å². The van der Waals surface area contributed by atoms with Crippen molar-refractivity contribution in [2.45, 2.75) is 39.8 Å². The zero-order chi connectivity index (χ0) is 13.5. The number of hydrogen-bond donors (Lipinski definition) is 1. The quantitative estimate of drug-likeness (QED) is 0.839. The normalized spacial score (nSPS) is 14.3. The van der Waals surface area contributed by atoms with E-state index in [1.807, 2.05) is 18.2 Å². The minimum Gasteiger partial charge on any atom is -0.352 e. The Hall–Kier alpha value is -1.35. The van der Waals surface area contributed by atoms with E-state index in [0.29, 0.717) is 0 Å². The summed E-state index contributed by atoms with van der Waals surface area (Å²) < 4.78 is 0. The molecule has 3 nitrogen and oxygen atoms in total. The summed E-state index contributed by atoms with van der Waals surface area (Å²) >= 11 is 0. The fourth-order valence-electron chi connectivity index (χ4n) is 2.48. The molecule has 0 heterocycles. The lowest BCUT2D eigenvalue weighted by Crippen LogP contribution is -2.44. The number of nitrogens with zero attached hydrogens (tertiary/aromatic N) is 1. The average molecular weight is 248 g/mol. The Morgan fingerprint density at radius 3 is 2.22 bits per heavy atom. The Balaban J connectivity index is 2.98. The van der Waals surface area contributed by atoms with Crippen molar-refractivity contribution in [3.63, 3.8) is 0 Å². The molecule has 0 aliphatic heterocycles. The molecule has 18 heavy (non-hydrogen) atoms. The SMILES string of the molecule is CCN(CC)[C@@H](c1ccccc1)[C@H](C)NC(C)=O. The molecular weight excluding hydrogens is 224 g/mol. The van der Waals surface area contributed by atoms with Crippen molar-refractivity contribution < 1.29 is 4.79 Å². The molecule has 1 rings (SSSR count). The number of benzene rings is 1. The van der Waals surface area contributed by atoms with Gasteiger partial charge in [-0.3, -0.25) is 9.69 Å². The fourth-order valence-corrected chi connectivity index (χ4v) is 2.48. The first-order valence-electron chi connectivity index (χ1n) is 6.66. The maximum absolute atomic E-state index is 11.3. The van der Waals surface area contributed by atoms with E-state index in [1.165, 1.54) is 5.56 Å². The van der Waals surface area contributed by atoms with Crippen molar-refractivity contribution in [1.29, 1.82) is 0 Å². The minimum atomic E-state index is 0.0237. The molecule has 1 amide bonds. The van der Waals surface area contributed by atoms with Crippen LogP contribution in [0, 0.1) is 0 Å². The van der Waals surface area contributed by atoms with Crippen molar-refractivity contribution >= 4 is 5.91 Å². The lowest BCUT2D eigenvalue weighted by Gasteiger charge is -2.34. The van der Waals surface area contributed by atoms with Crippen LogP contribution in [0.5, 0.6) is 0 Å². The number of amides is 1. The molecule has 2 atom stereocenters. The van der Waals surface area contributed by atoms with Crippen LogP contribution in [0.1, 0.15) is 39.3 Å². The molecule has 0 unspecified atom stereocenters. The smallest absolute Gasteiger partial charge is 0.217 e. The third-order valence-corrected chi connectivity index (χ3v) is 3.25. The molecule has 0 aromatic heterocycles. The summed E-state index contributed by atoms with van der Waals surface area (Å²) in [5, 5.41) is 3.01. The number of hydrogen-bond acceptors (Lipinski definition) is 2. The zero-order valence-electron chi connectivity index (χ0n) is 11.8. The third-order valence-electron chi connectivity index (χ3n) is 3.25. The predicted molar refractivity (Wildman–Crippen MR) is 75.4 cm³/mol. The second-order valence-corrected chi connectivity index (χ2v) is 4.57. The van der Waals surface area contributed by atoms with Crippen molar-refractivity contribution in [3.05, 3.63) is 35.9 Å². The number of likely N-dealkylation sites (N-methyl/N-ethyl adjacent to an activating group) is 1. The number of rotatable bonds is 6. The first-order valence-corrected chi connectivity index (χ1v) is 6.66. The van der Waals surface area contributed by atoms with Gasteiger partial charge in [-0.2, -0.15) is 0 Å². The average Bonchev–Trinajstić information content (AvgIpc) is 2.35. The number of nitrogens with one attached hydrogen (secondary N) is 1. The summed E-state index contributed by atoms with van der Waals surface area (Å²) in [7, 11) is 0. The van der Waals surface area contributed by atoms with Gasteiger partial charge in [0.2, 0.25) is 5.91 Å². The maximum atomic E-state index is 11.3. The largest absolute Gasteiger partial charge is 0.352 e. The number of carbonyl (C=O) groups is 1. The molecule has 0 radical (unpaired) electrons. The Kier molecular flexibility index (Phi) is 5.86. The topological polar surface area (TPSA) is 32.3 Å². The molecule has 0 fully saturated rings. The second kappa shape index (κ2) is 7.17. The lowest BCUT2D eigenvalue weighted by atomic mass is 9.98. The molecule has 1 N–H and O–H groups in total. The molecule has 0 saturated heterocycles. The third kappa shape index (κ3) is 3.84. The van der Waals surface area contributed by atoms with Crippen LogP contribution in [0.2, 0.25) is 0 Å². The summed E-state index contributed by atoms with van der Waals surface area (Å²) in [6.07, 6.45) is 0. The summed E-state index contributed by atoms with van der Waals surface area (Å²) in [4.78, 5) is 13.6. The monoisotopic (exact) mass is 248 g/mol. The summed E-state index contributed by atoms with van der Waals surface area (Å²) in [5.41, 5.74) is 1.25. The van der Waals surface area contributed by atoms with Crippen LogP contribution in [-0.2, 0) is 4.79 Å². The molecule has 0 saturated carbocycles. The van der Waals surface area contributed by atoms with Gasteiger partial charge in [-0.1, -0.05) is 44.2 Å². The highest BCUT2D eigenvalue weighted by Crippen LogP contribution is 2.23. The van der Waals surface area contributed by atoms with E-state index < -0.39 is 0 Å². The van der Waals surface area contributed by atoms with Crippen LogP contribution in [0.3, 0.4) is 0 Å². The van der Waals surface area contributed by atoms with Gasteiger partial charge in [-0.15, -0.1) is 0 Å². The molecule has 3 heteroatoms. The standard InChI is InChI=1S/C15H24N2O/c1-5-17(6-2)15(12(3)16-13(4)18)14-10-8-7-9-11-14/h7-12,15H,5-6H2,1-4H3,(H,16,18)/t12-,15+/m0/s1. The first-order chi connectivity index (χ1) is 8.60. The fraction of sp³-hybridized carbons (Fsp3) is 0.533. The van der Waals surface area contributed by atoms with Gasteiger partial charge >= 0.3 is 0 Å². The van der Waals surface area contributed by atoms with E-state index in [9.17, 15) is 4.79 Å². The summed E-state index contributed by atoms with van der Waals surface area (Å²) in [5.74, 6) is 0.0237. The van der Waals surface area contributed by atoms with Gasteiger partial charge in [0.15, 0.2) is 0 Å². The van der Waals surface area contributed by atoms with E-state index in [-0.39, 0.29) is 18.0 Å². The predicted octanol–water partition coefficient (Wildman–Crippen LogP) is 2.59. The van der Waals surface area contributed by atoms with Crippen LogP contribution in [-0.4, -0.2) is 29.9 Å². The maximum Gasteiger partial charge on any atom is 0.217 e. The van der Waals surface area contributed by atoms with Gasteiger partial charge in [0, 0.05) is 13.0 Å². The molecule has 1 aromatic rings. The van der Waals surface area contributed by atoms with E-state index in [0.717, 1.165) is 13.1 Å². The van der Waals surface area contributed by atoms with Crippen molar-refractivity contribution in [2.75, 3.05) is 13.1 Å². The van der Waals surface area contributed by atoms with Gasteiger partial charge in [-0.25, -0.2) is 0 Å². The Bertz CT molecular complexity index is 360. The van der Waals surface area contributed by atoms with Gasteiger partial charge in [0.05, 0.1) is 6.04 Å². The molecular formula is C15H24N2O. The molecule has 0 aliphatic rings. The highest BCUT2D eigenvalue weighted by Gasteiger charge is 2.24. The van der Waals surface area contributed by atoms with E-state index in [1.54, 1.807) is 6.92 Å². The zero-order valence-corrected chi connectivity index (χ0v) is 11.8. The second-order valence-electron chi connectivity index (χ2n) is 4.57. The Morgan fingerprint density at radius 1 is 1.22 bits per heavy atom. The van der Waals surface area contributed by atoms with Crippen LogP contribution in [0.15, 0.2) is 30.3 Å². The first kappa shape index (κ1) is 14.7. The van der Waals surface area contributed by atoms with Gasteiger partial charge in [-0.05, 0) is 25.6 Å². The molecule has 1 aromatic carbocycles. The molecule has 0 bridgehead atoms. The van der Waals surface area contributed by atoms with Crippen molar-refractivity contribution in [3.8, 4) is 0 Å². The molecule has 0 aliphatic carbocycles. The van der Waals surface area contributed by atoms with Gasteiger partial charge in [0.1, 0.15) is 0 Å². The van der Waals surface area contributed by atoms with Crippen LogP contribution in [0.4, 0.5) is 0 Å². The van der Waals surface area contributed by atoms with E-state index in [4.69, 9.17) is 0 Å². The Morgan fingerprint density at radius 2 is 1.78 bits per heavy atom.